The fraction of sp³-hybridized carbons (Fsp3) is 0.333. The molecule has 7 heteroatoms. The zero-order valence-corrected chi connectivity index (χ0v) is 14.0. The molecule has 2 aromatic rings. The standard InChI is InChI=1S/C18H21N5O2/c1-2-17(24)23-11-5-7-13-14(6-3-8-15(13)23)18(25)19-10-4-9-16-20-12-21-22-16/h2-3,6,8,12H,1,4-5,7,9-11H2,(H,19,25)(H,20,21,22). The van der Waals surface area contributed by atoms with Crippen LogP contribution in [0.25, 0.3) is 0 Å². The fourth-order valence-electron chi connectivity index (χ4n) is 3.08. The summed E-state index contributed by atoms with van der Waals surface area (Å²) in [5.74, 6) is 0.567. The first-order valence-electron chi connectivity index (χ1n) is 8.39. The van der Waals surface area contributed by atoms with Crippen LogP contribution in [0.1, 0.15) is 34.6 Å². The molecule has 1 aromatic heterocycles. The molecule has 130 valence electrons. The Morgan fingerprint density at radius 1 is 1.40 bits per heavy atom. The van der Waals surface area contributed by atoms with Gasteiger partial charge in [-0.2, -0.15) is 5.10 Å². The van der Waals surface area contributed by atoms with Crippen molar-refractivity contribution >= 4 is 17.5 Å². The fourth-order valence-corrected chi connectivity index (χ4v) is 3.08. The lowest BCUT2D eigenvalue weighted by molar-refractivity contribution is -0.114. The first kappa shape index (κ1) is 16.9. The number of benzene rings is 1. The lowest BCUT2D eigenvalue weighted by atomic mass is 9.95. The van der Waals surface area contributed by atoms with Crippen LogP contribution in [-0.4, -0.2) is 40.1 Å². The number of nitrogens with one attached hydrogen (secondary N) is 2. The first-order chi connectivity index (χ1) is 12.2. The Balaban J connectivity index is 1.66. The van der Waals surface area contributed by atoms with Crippen molar-refractivity contribution < 1.29 is 9.59 Å². The number of carbonyl (C=O) groups is 2. The van der Waals surface area contributed by atoms with Gasteiger partial charge in [0.05, 0.1) is 0 Å². The maximum atomic E-state index is 12.6. The average molecular weight is 339 g/mol. The Morgan fingerprint density at radius 2 is 2.28 bits per heavy atom. The number of aryl methyl sites for hydroxylation is 1. The van der Waals surface area contributed by atoms with E-state index < -0.39 is 0 Å². The van der Waals surface area contributed by atoms with Gasteiger partial charge in [0, 0.05) is 30.8 Å². The van der Waals surface area contributed by atoms with E-state index in [0.29, 0.717) is 18.7 Å². The number of amides is 2. The molecule has 1 aliphatic heterocycles. The topological polar surface area (TPSA) is 91.0 Å². The number of carbonyl (C=O) groups excluding carboxylic acids is 2. The van der Waals surface area contributed by atoms with Crippen LogP contribution in [0.15, 0.2) is 37.2 Å². The summed E-state index contributed by atoms with van der Waals surface area (Å²) < 4.78 is 0. The van der Waals surface area contributed by atoms with Crippen LogP contribution in [0.2, 0.25) is 0 Å². The number of nitrogens with zero attached hydrogens (tertiary/aromatic N) is 3. The number of aromatic amines is 1. The zero-order valence-electron chi connectivity index (χ0n) is 14.0. The Hall–Kier alpha value is -2.96. The number of anilines is 1. The molecule has 0 saturated carbocycles. The van der Waals surface area contributed by atoms with Crippen molar-refractivity contribution in [1.29, 1.82) is 0 Å². The van der Waals surface area contributed by atoms with Crippen LogP contribution < -0.4 is 10.2 Å². The van der Waals surface area contributed by atoms with Gasteiger partial charge in [-0.15, -0.1) is 0 Å². The van der Waals surface area contributed by atoms with Gasteiger partial charge in [-0.05, 0) is 43.0 Å². The number of aromatic nitrogens is 3. The van der Waals surface area contributed by atoms with Crippen molar-refractivity contribution in [1.82, 2.24) is 20.5 Å². The van der Waals surface area contributed by atoms with Crippen LogP contribution in [0, 0.1) is 0 Å². The summed E-state index contributed by atoms with van der Waals surface area (Å²) in [6, 6.07) is 5.51. The molecular weight excluding hydrogens is 318 g/mol. The van der Waals surface area contributed by atoms with Gasteiger partial charge in [-0.25, -0.2) is 4.98 Å². The molecule has 2 N–H and O–H groups in total. The average Bonchev–Trinajstić information content (AvgIpc) is 3.17. The minimum absolute atomic E-state index is 0.109. The Kier molecular flexibility index (Phi) is 5.23. The van der Waals surface area contributed by atoms with Crippen molar-refractivity contribution in [2.45, 2.75) is 25.7 Å². The molecule has 0 spiro atoms. The Bertz CT molecular complexity index is 770. The van der Waals surface area contributed by atoms with Crippen molar-refractivity contribution in [3.05, 3.63) is 54.1 Å². The summed E-state index contributed by atoms with van der Waals surface area (Å²) in [6.07, 6.45) is 5.91. The summed E-state index contributed by atoms with van der Waals surface area (Å²) in [4.78, 5) is 30.3. The smallest absolute Gasteiger partial charge is 0.251 e. The van der Waals surface area contributed by atoms with Gasteiger partial charge >= 0.3 is 0 Å². The Labute approximate surface area is 146 Å². The molecule has 0 atom stereocenters. The molecule has 0 unspecified atom stereocenters. The summed E-state index contributed by atoms with van der Waals surface area (Å²) in [7, 11) is 0. The van der Waals surface area contributed by atoms with Crippen LogP contribution in [0.5, 0.6) is 0 Å². The van der Waals surface area contributed by atoms with Gasteiger partial charge in [0.25, 0.3) is 5.91 Å². The summed E-state index contributed by atoms with van der Waals surface area (Å²) >= 11 is 0. The number of hydrogen-bond donors (Lipinski definition) is 2. The second-order valence-corrected chi connectivity index (χ2v) is 5.89. The van der Waals surface area contributed by atoms with E-state index >= 15 is 0 Å². The molecule has 0 radical (unpaired) electrons. The van der Waals surface area contributed by atoms with Gasteiger partial charge in [-0.3, -0.25) is 14.7 Å². The maximum Gasteiger partial charge on any atom is 0.251 e. The van der Waals surface area contributed by atoms with E-state index in [-0.39, 0.29) is 11.8 Å². The summed E-state index contributed by atoms with van der Waals surface area (Å²) in [6.45, 7) is 4.76. The highest BCUT2D eigenvalue weighted by Crippen LogP contribution is 2.30. The third-order valence-corrected chi connectivity index (χ3v) is 4.28. The molecule has 2 amide bonds. The molecule has 3 rings (SSSR count). The molecular formula is C18H21N5O2. The molecule has 25 heavy (non-hydrogen) atoms. The zero-order chi connectivity index (χ0) is 17.6. The quantitative estimate of drug-likeness (QED) is 0.618. The third kappa shape index (κ3) is 3.76. The minimum Gasteiger partial charge on any atom is -0.352 e. The lowest BCUT2D eigenvalue weighted by Crippen LogP contribution is -2.35. The van der Waals surface area contributed by atoms with Crippen LogP contribution in [-0.2, 0) is 17.6 Å². The highest BCUT2D eigenvalue weighted by atomic mass is 16.2. The van der Waals surface area contributed by atoms with Gasteiger partial charge < -0.3 is 10.2 Å². The van der Waals surface area contributed by atoms with Crippen LogP contribution in [0.3, 0.4) is 0 Å². The maximum absolute atomic E-state index is 12.6. The normalized spacial score (nSPS) is 13.2. The second-order valence-electron chi connectivity index (χ2n) is 5.89. The predicted octanol–water partition coefficient (Wildman–Crippen LogP) is 1.63. The number of hydrogen-bond acceptors (Lipinski definition) is 4. The van der Waals surface area contributed by atoms with Crippen LogP contribution >= 0.6 is 0 Å². The first-order valence-corrected chi connectivity index (χ1v) is 8.39. The minimum atomic E-state index is -0.134. The highest BCUT2D eigenvalue weighted by Gasteiger charge is 2.24. The number of H-pyrrole nitrogens is 1. The van der Waals surface area contributed by atoms with E-state index in [2.05, 4.69) is 27.1 Å². The summed E-state index contributed by atoms with van der Waals surface area (Å²) in [5, 5.41) is 9.54. The molecule has 0 saturated heterocycles. The molecule has 0 aliphatic carbocycles. The van der Waals surface area contributed by atoms with E-state index in [1.165, 1.54) is 12.4 Å². The lowest BCUT2D eigenvalue weighted by Gasteiger charge is -2.29. The third-order valence-electron chi connectivity index (χ3n) is 4.28. The monoisotopic (exact) mass is 339 g/mol. The number of fused-ring (bicyclic) bond motifs is 1. The SMILES string of the molecule is C=CC(=O)N1CCCc2c(C(=O)NCCCc3ncn[nH]3)cccc21. The van der Waals surface area contributed by atoms with Crippen molar-refractivity contribution in [3.63, 3.8) is 0 Å². The van der Waals surface area contributed by atoms with Gasteiger partial charge in [0.2, 0.25) is 5.91 Å². The van der Waals surface area contributed by atoms with E-state index in [9.17, 15) is 9.59 Å². The predicted molar refractivity (Wildman–Crippen MR) is 94.3 cm³/mol. The van der Waals surface area contributed by atoms with Crippen molar-refractivity contribution in [2.75, 3.05) is 18.0 Å². The highest BCUT2D eigenvalue weighted by molar-refractivity contribution is 6.04. The Morgan fingerprint density at radius 3 is 3.04 bits per heavy atom. The summed E-state index contributed by atoms with van der Waals surface area (Å²) in [5.41, 5.74) is 2.38. The van der Waals surface area contributed by atoms with Gasteiger partial charge in [0.15, 0.2) is 0 Å². The van der Waals surface area contributed by atoms with Gasteiger partial charge in [0.1, 0.15) is 12.2 Å². The number of rotatable bonds is 6. The van der Waals surface area contributed by atoms with Crippen molar-refractivity contribution in [2.24, 2.45) is 0 Å². The molecule has 2 heterocycles. The van der Waals surface area contributed by atoms with E-state index in [4.69, 9.17) is 0 Å². The molecule has 0 bridgehead atoms. The largest absolute Gasteiger partial charge is 0.352 e. The van der Waals surface area contributed by atoms with E-state index in [0.717, 1.165) is 42.8 Å². The van der Waals surface area contributed by atoms with Crippen LogP contribution in [0.4, 0.5) is 5.69 Å². The molecule has 0 fully saturated rings. The molecule has 1 aliphatic rings. The molecule has 7 nitrogen and oxygen atoms in total. The molecule has 1 aromatic carbocycles. The second kappa shape index (κ2) is 7.74. The van der Waals surface area contributed by atoms with E-state index in [1.807, 2.05) is 18.2 Å². The van der Waals surface area contributed by atoms with Crippen molar-refractivity contribution in [3.8, 4) is 0 Å². The van der Waals surface area contributed by atoms with Gasteiger partial charge in [-0.1, -0.05) is 12.6 Å². The van der Waals surface area contributed by atoms with E-state index in [1.54, 1.807) is 4.90 Å².